The van der Waals surface area contributed by atoms with Crippen LogP contribution < -0.4 is 0 Å². The van der Waals surface area contributed by atoms with Crippen molar-refractivity contribution in [2.24, 2.45) is 28.6 Å². The number of ketones is 1. The van der Waals surface area contributed by atoms with Gasteiger partial charge in [0.2, 0.25) is 5.78 Å². The number of rotatable bonds is 3. The van der Waals surface area contributed by atoms with Crippen LogP contribution in [-0.2, 0) is 23.8 Å². The minimum Gasteiger partial charge on any atom is -0.458 e. The van der Waals surface area contributed by atoms with E-state index in [-0.39, 0.29) is 43.4 Å². The predicted molar refractivity (Wildman–Crippen MR) is 116 cm³/mol. The summed E-state index contributed by atoms with van der Waals surface area (Å²) in [4.78, 5) is 24.2. The van der Waals surface area contributed by atoms with Gasteiger partial charge in [0.05, 0.1) is 19.3 Å². The predicted octanol–water partition coefficient (Wildman–Crippen LogP) is 1.67. The van der Waals surface area contributed by atoms with Gasteiger partial charge in [-0.25, -0.2) is 4.39 Å². The largest absolute Gasteiger partial charge is 0.458 e. The summed E-state index contributed by atoms with van der Waals surface area (Å²) in [6, 6.07) is 0. The van der Waals surface area contributed by atoms with E-state index in [0.717, 1.165) is 0 Å². The monoisotopic (exact) mass is 484 g/mol. The SMILES string of the molecule is CC(=O)OCC(=O)[C@@]1(O)CCC2C3CC(F)[C@@]4(O)CC5(CCC4(C)C3C(O)CC21C)OCCO5. The molecule has 0 amide bonds. The van der Waals surface area contributed by atoms with Crippen LogP contribution in [0.25, 0.3) is 0 Å². The van der Waals surface area contributed by atoms with Crippen LogP contribution in [0.2, 0.25) is 0 Å². The van der Waals surface area contributed by atoms with Crippen molar-refractivity contribution in [1.82, 2.24) is 0 Å². The van der Waals surface area contributed by atoms with Gasteiger partial charge in [0.1, 0.15) is 17.4 Å². The Balaban J connectivity index is 1.47. The Morgan fingerprint density at radius 1 is 1.09 bits per heavy atom. The molecule has 1 heterocycles. The number of halogens is 1. The van der Waals surface area contributed by atoms with Crippen molar-refractivity contribution in [2.75, 3.05) is 19.8 Å². The lowest BCUT2D eigenvalue weighted by molar-refractivity contribution is -0.315. The lowest BCUT2D eigenvalue weighted by atomic mass is 9.41. The molecule has 8 nitrogen and oxygen atoms in total. The van der Waals surface area contributed by atoms with E-state index in [0.29, 0.717) is 32.5 Å². The second-order valence-corrected chi connectivity index (χ2v) is 11.9. The van der Waals surface area contributed by atoms with Crippen molar-refractivity contribution in [1.29, 1.82) is 0 Å². The Kier molecular flexibility index (Phi) is 5.55. The topological polar surface area (TPSA) is 123 Å². The summed E-state index contributed by atoms with van der Waals surface area (Å²) in [5.41, 5.74) is -5.35. The van der Waals surface area contributed by atoms with Crippen molar-refractivity contribution in [2.45, 2.75) is 95.0 Å². The molecule has 192 valence electrons. The molecule has 0 aromatic carbocycles. The van der Waals surface area contributed by atoms with Crippen molar-refractivity contribution >= 4 is 11.8 Å². The molecule has 7 unspecified atom stereocenters. The quantitative estimate of drug-likeness (QED) is 0.517. The Labute approximate surface area is 199 Å². The highest BCUT2D eigenvalue weighted by Gasteiger charge is 2.74. The van der Waals surface area contributed by atoms with Gasteiger partial charge in [-0.1, -0.05) is 13.8 Å². The van der Waals surface area contributed by atoms with Crippen LogP contribution >= 0.6 is 0 Å². The third-order valence-electron chi connectivity index (χ3n) is 10.6. The maximum atomic E-state index is 16.0. The standard InChI is InChI=1S/C25H37FO8/c1-14(27)32-12-19(29)24(30)5-4-16-15-10-18(26)25(31)13-23(33-8-9-34-23)7-6-21(25,2)20(15)17(28)11-22(16,24)3/h15-18,20,28,30-31H,4-13H2,1-3H3/t15?,16?,17?,18?,20?,21?,22?,24-,25-/m0/s1. The van der Waals surface area contributed by atoms with Gasteiger partial charge in [-0.15, -0.1) is 0 Å². The summed E-state index contributed by atoms with van der Waals surface area (Å²) in [5.74, 6) is -3.05. The first-order valence-corrected chi connectivity index (χ1v) is 12.5. The third kappa shape index (κ3) is 3.06. The van der Waals surface area contributed by atoms with E-state index in [9.17, 15) is 24.9 Å². The molecule has 1 aliphatic heterocycles. The molecule has 34 heavy (non-hydrogen) atoms. The number of fused-ring (bicyclic) bond motifs is 5. The van der Waals surface area contributed by atoms with Gasteiger partial charge in [-0.3, -0.25) is 9.59 Å². The fraction of sp³-hybridized carbons (Fsp3) is 0.920. The molecule has 3 N–H and O–H groups in total. The van der Waals surface area contributed by atoms with E-state index in [1.165, 1.54) is 6.92 Å². The van der Waals surface area contributed by atoms with E-state index >= 15 is 4.39 Å². The van der Waals surface area contributed by atoms with Crippen LogP contribution in [0.15, 0.2) is 0 Å². The minimum absolute atomic E-state index is 0.0281. The third-order valence-corrected chi connectivity index (χ3v) is 10.6. The van der Waals surface area contributed by atoms with Crippen molar-refractivity contribution in [3.8, 4) is 0 Å². The van der Waals surface area contributed by atoms with Crippen LogP contribution in [0.4, 0.5) is 4.39 Å². The van der Waals surface area contributed by atoms with Gasteiger partial charge >= 0.3 is 5.97 Å². The van der Waals surface area contributed by atoms with Crippen molar-refractivity contribution in [3.05, 3.63) is 0 Å². The minimum atomic E-state index is -1.76. The molecule has 4 aliphatic carbocycles. The van der Waals surface area contributed by atoms with Crippen LogP contribution in [-0.4, -0.2) is 76.2 Å². The maximum absolute atomic E-state index is 16.0. The lowest BCUT2D eigenvalue weighted by Crippen LogP contribution is -2.72. The average molecular weight is 485 g/mol. The number of carbonyl (C=O) groups excluding carboxylic acids is 2. The zero-order valence-electron chi connectivity index (χ0n) is 20.2. The highest BCUT2D eigenvalue weighted by Crippen LogP contribution is 2.70. The van der Waals surface area contributed by atoms with E-state index in [4.69, 9.17) is 14.2 Å². The summed E-state index contributed by atoms with van der Waals surface area (Å²) in [6.07, 6.45) is -0.621. The van der Waals surface area contributed by atoms with Gasteiger partial charge in [-0.05, 0) is 49.9 Å². The molecule has 0 bridgehead atoms. The number of aliphatic hydroxyl groups excluding tert-OH is 1. The van der Waals surface area contributed by atoms with Crippen LogP contribution in [0.5, 0.6) is 0 Å². The van der Waals surface area contributed by atoms with Crippen molar-refractivity contribution < 1.29 is 43.5 Å². The van der Waals surface area contributed by atoms with Gasteiger partial charge in [-0.2, -0.15) is 0 Å². The van der Waals surface area contributed by atoms with Crippen LogP contribution in [0.1, 0.15) is 65.7 Å². The lowest BCUT2D eigenvalue weighted by Gasteiger charge is -2.66. The molecular weight excluding hydrogens is 447 g/mol. The van der Waals surface area contributed by atoms with E-state index in [1.807, 2.05) is 6.92 Å². The molecule has 4 saturated carbocycles. The molecular formula is C25H37FO8. The maximum Gasteiger partial charge on any atom is 0.303 e. The van der Waals surface area contributed by atoms with Crippen LogP contribution in [0, 0.1) is 28.6 Å². The smallest absolute Gasteiger partial charge is 0.303 e. The molecule has 9 heteroatoms. The number of ether oxygens (including phenoxy) is 3. The zero-order valence-corrected chi connectivity index (χ0v) is 20.2. The molecule has 1 saturated heterocycles. The molecule has 5 aliphatic rings. The second kappa shape index (κ2) is 7.68. The summed E-state index contributed by atoms with van der Waals surface area (Å²) >= 11 is 0. The fourth-order valence-electron chi connectivity index (χ4n) is 8.80. The first-order chi connectivity index (χ1) is 15.8. The zero-order chi connectivity index (χ0) is 24.7. The molecule has 0 aromatic heterocycles. The van der Waals surface area contributed by atoms with E-state index in [1.54, 1.807) is 6.92 Å². The molecule has 0 radical (unpaired) electrons. The fourth-order valence-corrected chi connectivity index (χ4v) is 8.80. The number of carbonyl (C=O) groups is 2. The average Bonchev–Trinajstić information content (AvgIpc) is 3.31. The number of alkyl halides is 1. The number of hydrogen-bond donors (Lipinski definition) is 3. The summed E-state index contributed by atoms with van der Waals surface area (Å²) in [7, 11) is 0. The number of Topliss-reactive ketones (excluding diaryl/α,β-unsaturated/α-hetero) is 1. The Hall–Kier alpha value is -1.13. The Morgan fingerprint density at radius 3 is 2.41 bits per heavy atom. The number of hydrogen-bond acceptors (Lipinski definition) is 8. The van der Waals surface area contributed by atoms with Crippen molar-refractivity contribution in [3.63, 3.8) is 0 Å². The van der Waals surface area contributed by atoms with Crippen LogP contribution in [0.3, 0.4) is 0 Å². The van der Waals surface area contributed by atoms with Gasteiger partial charge in [0.25, 0.3) is 0 Å². The summed E-state index contributed by atoms with van der Waals surface area (Å²) in [6.45, 7) is 5.17. The first-order valence-electron chi connectivity index (χ1n) is 12.5. The van der Waals surface area contributed by atoms with Gasteiger partial charge < -0.3 is 29.5 Å². The number of aliphatic hydroxyl groups is 3. The van der Waals surface area contributed by atoms with E-state index < -0.39 is 58.5 Å². The molecule has 1 spiro atoms. The first kappa shape index (κ1) is 24.6. The highest BCUT2D eigenvalue weighted by atomic mass is 19.1. The van der Waals surface area contributed by atoms with Gasteiger partial charge in [0.15, 0.2) is 12.4 Å². The molecule has 0 aromatic rings. The normalized spacial score (nSPS) is 51.4. The summed E-state index contributed by atoms with van der Waals surface area (Å²) in [5, 5.41) is 34.9. The molecule has 5 rings (SSSR count). The second-order valence-electron chi connectivity index (χ2n) is 11.9. The Morgan fingerprint density at radius 2 is 1.76 bits per heavy atom. The Bertz CT molecular complexity index is 875. The summed E-state index contributed by atoms with van der Waals surface area (Å²) < 4.78 is 32.5. The van der Waals surface area contributed by atoms with Gasteiger partial charge in [0, 0.05) is 30.6 Å². The molecule has 5 fully saturated rings. The highest BCUT2D eigenvalue weighted by molar-refractivity contribution is 5.91. The molecule has 9 atom stereocenters. The number of esters is 1. The van der Waals surface area contributed by atoms with E-state index in [2.05, 4.69) is 0 Å².